The standard InChI is InChI=1S/C14H24N4O/c1-4-5-15-8-12-9-16-13(17-10-12)18-6-7-19-14(2,3)11-18/h9-10,15H,4-8,11H2,1-3H3. The third-order valence-corrected chi connectivity index (χ3v) is 3.16. The van der Waals surface area contributed by atoms with Crippen LogP contribution in [-0.4, -0.2) is 41.8 Å². The molecular formula is C14H24N4O. The molecule has 106 valence electrons. The summed E-state index contributed by atoms with van der Waals surface area (Å²) in [6, 6.07) is 0. The van der Waals surface area contributed by atoms with Crippen LogP contribution in [0, 0.1) is 0 Å². The summed E-state index contributed by atoms with van der Waals surface area (Å²) in [4.78, 5) is 11.1. The van der Waals surface area contributed by atoms with Gasteiger partial charge in [0.05, 0.1) is 12.2 Å². The predicted molar refractivity (Wildman–Crippen MR) is 76.3 cm³/mol. The first-order chi connectivity index (χ1) is 9.11. The van der Waals surface area contributed by atoms with Crippen LogP contribution in [-0.2, 0) is 11.3 Å². The van der Waals surface area contributed by atoms with Crippen LogP contribution < -0.4 is 10.2 Å². The van der Waals surface area contributed by atoms with Crippen molar-refractivity contribution < 1.29 is 4.74 Å². The SMILES string of the molecule is CCCNCc1cnc(N2CCOC(C)(C)C2)nc1. The van der Waals surface area contributed by atoms with Crippen LogP contribution in [0.4, 0.5) is 5.95 Å². The number of hydrogen-bond donors (Lipinski definition) is 1. The molecule has 0 spiro atoms. The third kappa shape index (κ3) is 4.14. The molecule has 0 unspecified atom stereocenters. The molecule has 1 N–H and O–H groups in total. The second-order valence-corrected chi connectivity index (χ2v) is 5.60. The number of rotatable bonds is 5. The van der Waals surface area contributed by atoms with Gasteiger partial charge in [-0.15, -0.1) is 0 Å². The molecule has 2 heterocycles. The summed E-state index contributed by atoms with van der Waals surface area (Å²) in [5.74, 6) is 0.801. The zero-order chi connectivity index (χ0) is 13.7. The van der Waals surface area contributed by atoms with Crippen molar-refractivity contribution in [3.8, 4) is 0 Å². The molecule has 0 amide bonds. The van der Waals surface area contributed by atoms with Gasteiger partial charge in [0.2, 0.25) is 5.95 Å². The molecule has 1 aromatic rings. The summed E-state index contributed by atoms with van der Waals surface area (Å²) in [6.07, 6.45) is 4.96. The Morgan fingerprint density at radius 1 is 1.37 bits per heavy atom. The maximum atomic E-state index is 5.70. The Balaban J connectivity index is 1.94. The van der Waals surface area contributed by atoms with Gasteiger partial charge in [0.15, 0.2) is 0 Å². The van der Waals surface area contributed by atoms with E-state index in [9.17, 15) is 0 Å². The van der Waals surface area contributed by atoms with E-state index in [1.54, 1.807) is 0 Å². The fourth-order valence-electron chi connectivity index (χ4n) is 2.20. The molecule has 2 rings (SSSR count). The molecule has 0 atom stereocenters. The molecule has 0 saturated carbocycles. The fourth-order valence-corrected chi connectivity index (χ4v) is 2.20. The van der Waals surface area contributed by atoms with Crippen LogP contribution in [0.15, 0.2) is 12.4 Å². The second kappa shape index (κ2) is 6.30. The number of ether oxygens (including phenoxy) is 1. The maximum Gasteiger partial charge on any atom is 0.225 e. The van der Waals surface area contributed by atoms with Crippen LogP contribution in [0.3, 0.4) is 0 Å². The molecule has 0 bridgehead atoms. The zero-order valence-corrected chi connectivity index (χ0v) is 12.1. The molecule has 1 saturated heterocycles. The van der Waals surface area contributed by atoms with Crippen molar-refractivity contribution in [3.05, 3.63) is 18.0 Å². The lowest BCUT2D eigenvalue weighted by molar-refractivity contribution is -0.0281. The molecular weight excluding hydrogens is 240 g/mol. The highest BCUT2D eigenvalue weighted by Gasteiger charge is 2.28. The van der Waals surface area contributed by atoms with Gasteiger partial charge < -0.3 is 15.0 Å². The van der Waals surface area contributed by atoms with E-state index in [1.807, 2.05) is 12.4 Å². The molecule has 5 nitrogen and oxygen atoms in total. The Morgan fingerprint density at radius 3 is 2.74 bits per heavy atom. The number of hydrogen-bond acceptors (Lipinski definition) is 5. The van der Waals surface area contributed by atoms with Gasteiger partial charge in [-0.1, -0.05) is 6.92 Å². The number of anilines is 1. The molecule has 19 heavy (non-hydrogen) atoms. The lowest BCUT2D eigenvalue weighted by Crippen LogP contribution is -2.49. The van der Waals surface area contributed by atoms with Gasteiger partial charge in [-0.25, -0.2) is 9.97 Å². The van der Waals surface area contributed by atoms with Gasteiger partial charge in [-0.3, -0.25) is 0 Å². The lowest BCUT2D eigenvalue weighted by Gasteiger charge is -2.38. The van der Waals surface area contributed by atoms with Gasteiger partial charge in [0.25, 0.3) is 0 Å². The van der Waals surface area contributed by atoms with E-state index >= 15 is 0 Å². The highest BCUT2D eigenvalue weighted by atomic mass is 16.5. The van der Waals surface area contributed by atoms with Crippen LogP contribution in [0.5, 0.6) is 0 Å². The Hall–Kier alpha value is -1.20. The maximum absolute atomic E-state index is 5.70. The van der Waals surface area contributed by atoms with E-state index in [-0.39, 0.29) is 5.60 Å². The van der Waals surface area contributed by atoms with Gasteiger partial charge in [0, 0.05) is 37.6 Å². The van der Waals surface area contributed by atoms with Gasteiger partial charge in [-0.05, 0) is 26.8 Å². The zero-order valence-electron chi connectivity index (χ0n) is 12.1. The van der Waals surface area contributed by atoms with Crippen molar-refractivity contribution in [2.45, 2.75) is 39.3 Å². The highest BCUT2D eigenvalue weighted by Crippen LogP contribution is 2.19. The first-order valence-corrected chi connectivity index (χ1v) is 7.01. The summed E-state index contributed by atoms with van der Waals surface area (Å²) in [5.41, 5.74) is 1.01. The quantitative estimate of drug-likeness (QED) is 0.819. The largest absolute Gasteiger partial charge is 0.372 e. The van der Waals surface area contributed by atoms with Crippen molar-refractivity contribution >= 4 is 5.95 Å². The van der Waals surface area contributed by atoms with Crippen molar-refractivity contribution in [1.29, 1.82) is 0 Å². The van der Waals surface area contributed by atoms with Crippen molar-refractivity contribution in [2.24, 2.45) is 0 Å². The minimum absolute atomic E-state index is 0.122. The van der Waals surface area contributed by atoms with E-state index in [0.29, 0.717) is 0 Å². The summed E-state index contributed by atoms with van der Waals surface area (Å²) >= 11 is 0. The van der Waals surface area contributed by atoms with E-state index < -0.39 is 0 Å². The predicted octanol–water partition coefficient (Wildman–Crippen LogP) is 1.59. The van der Waals surface area contributed by atoms with Crippen LogP contribution in [0.25, 0.3) is 0 Å². The van der Waals surface area contributed by atoms with E-state index in [2.05, 4.69) is 41.0 Å². The Kier molecular flexibility index (Phi) is 4.71. The molecule has 1 aromatic heterocycles. The monoisotopic (exact) mass is 264 g/mol. The Morgan fingerprint density at radius 2 is 2.11 bits per heavy atom. The molecule has 1 aliphatic heterocycles. The molecule has 5 heteroatoms. The Bertz CT molecular complexity index is 391. The molecule has 1 fully saturated rings. The van der Waals surface area contributed by atoms with Crippen LogP contribution in [0.1, 0.15) is 32.8 Å². The highest BCUT2D eigenvalue weighted by molar-refractivity contribution is 5.31. The van der Waals surface area contributed by atoms with E-state index in [4.69, 9.17) is 4.74 Å². The minimum Gasteiger partial charge on any atom is -0.372 e. The second-order valence-electron chi connectivity index (χ2n) is 5.60. The summed E-state index contributed by atoms with van der Waals surface area (Å²) in [6.45, 7) is 10.6. The lowest BCUT2D eigenvalue weighted by atomic mass is 10.1. The van der Waals surface area contributed by atoms with Crippen molar-refractivity contribution in [1.82, 2.24) is 15.3 Å². The number of nitrogens with one attached hydrogen (secondary N) is 1. The van der Waals surface area contributed by atoms with E-state index in [0.717, 1.165) is 50.7 Å². The molecule has 1 aliphatic rings. The van der Waals surface area contributed by atoms with Crippen LogP contribution in [0.2, 0.25) is 0 Å². The van der Waals surface area contributed by atoms with E-state index in [1.165, 1.54) is 0 Å². The third-order valence-electron chi connectivity index (χ3n) is 3.16. The summed E-state index contributed by atoms with van der Waals surface area (Å²) in [5, 5.41) is 3.35. The minimum atomic E-state index is -0.122. The summed E-state index contributed by atoms with van der Waals surface area (Å²) < 4.78 is 5.70. The first kappa shape index (κ1) is 14.2. The first-order valence-electron chi connectivity index (χ1n) is 7.01. The van der Waals surface area contributed by atoms with Crippen molar-refractivity contribution in [2.75, 3.05) is 31.1 Å². The Labute approximate surface area is 115 Å². The fraction of sp³-hybridized carbons (Fsp3) is 0.714. The van der Waals surface area contributed by atoms with Gasteiger partial charge in [0.1, 0.15) is 0 Å². The average Bonchev–Trinajstić information content (AvgIpc) is 2.39. The number of nitrogens with zero attached hydrogens (tertiary/aromatic N) is 3. The topological polar surface area (TPSA) is 50.3 Å². The molecule has 0 radical (unpaired) electrons. The number of aromatic nitrogens is 2. The molecule has 0 aliphatic carbocycles. The summed E-state index contributed by atoms with van der Waals surface area (Å²) in [7, 11) is 0. The normalized spacial score (nSPS) is 18.6. The van der Waals surface area contributed by atoms with Gasteiger partial charge in [-0.2, -0.15) is 0 Å². The number of morpholine rings is 1. The van der Waals surface area contributed by atoms with Crippen molar-refractivity contribution in [3.63, 3.8) is 0 Å². The average molecular weight is 264 g/mol. The van der Waals surface area contributed by atoms with Crippen LogP contribution >= 0.6 is 0 Å². The molecule has 0 aromatic carbocycles. The smallest absolute Gasteiger partial charge is 0.225 e. The van der Waals surface area contributed by atoms with Gasteiger partial charge >= 0.3 is 0 Å².